The van der Waals surface area contributed by atoms with Gasteiger partial charge >= 0.3 is 5.76 Å². The van der Waals surface area contributed by atoms with E-state index in [0.29, 0.717) is 17.3 Å². The summed E-state index contributed by atoms with van der Waals surface area (Å²) >= 11 is 8.09. The van der Waals surface area contributed by atoms with Gasteiger partial charge in [0, 0.05) is 0 Å². The molecule has 0 aliphatic carbocycles. The van der Waals surface area contributed by atoms with Gasteiger partial charge in [-0.15, -0.1) is 11.3 Å². The molecule has 1 N–H and O–H groups in total. The molecule has 0 radical (unpaired) electrons. The largest absolute Gasteiger partial charge is 0.439 e. The number of allylic oxidation sites excluding steroid dienone is 1. The number of H-pyrrole nitrogens is 1. The molecule has 0 spiro atoms. The van der Waals surface area contributed by atoms with Crippen molar-refractivity contribution in [3.8, 4) is 0 Å². The van der Waals surface area contributed by atoms with E-state index in [9.17, 15) is 9.18 Å². The van der Waals surface area contributed by atoms with Crippen LogP contribution in [0.1, 0.15) is 41.4 Å². The Kier molecular flexibility index (Phi) is 6.44. The molecule has 0 saturated carbocycles. The number of nitrogens with zero attached hydrogens (tertiary/aromatic N) is 2. The first-order valence-electron chi connectivity index (χ1n) is 10.9. The van der Waals surface area contributed by atoms with Crippen molar-refractivity contribution >= 4 is 56.5 Å². The molecular weight excluding hydrogens is 485 g/mol. The topological polar surface area (TPSA) is 71.8 Å². The van der Waals surface area contributed by atoms with Crippen LogP contribution in [0.25, 0.3) is 33.5 Å². The molecule has 2 heterocycles. The third kappa shape index (κ3) is 4.87. The van der Waals surface area contributed by atoms with Gasteiger partial charge in [-0.2, -0.15) is 0 Å². The molecule has 0 fully saturated rings. The molecule has 0 bridgehead atoms. The molecule has 8 heteroatoms. The van der Waals surface area contributed by atoms with Crippen LogP contribution < -0.4 is 5.76 Å². The van der Waals surface area contributed by atoms with E-state index in [1.54, 1.807) is 23.5 Å². The fourth-order valence-electron chi connectivity index (χ4n) is 4.01. The fraction of sp³-hybridized carbons (Fsp3) is 0.0741. The van der Waals surface area contributed by atoms with E-state index in [1.807, 2.05) is 35.9 Å². The van der Waals surface area contributed by atoms with Crippen molar-refractivity contribution in [2.24, 2.45) is 0 Å². The number of benzene rings is 3. The molecule has 2 aromatic heterocycles. The highest BCUT2D eigenvalue weighted by atomic mass is 35.5. The molecule has 0 amide bonds. The molecule has 5 rings (SSSR count). The summed E-state index contributed by atoms with van der Waals surface area (Å²) in [6.07, 6.45) is 4.19. The average molecular weight is 504 g/mol. The zero-order chi connectivity index (χ0) is 24.4. The van der Waals surface area contributed by atoms with Crippen LogP contribution in [0, 0.1) is 5.82 Å². The van der Waals surface area contributed by atoms with Crippen molar-refractivity contribution < 1.29 is 8.91 Å². The summed E-state index contributed by atoms with van der Waals surface area (Å²) in [7, 11) is 0. The van der Waals surface area contributed by atoms with Gasteiger partial charge in [-0.1, -0.05) is 66.2 Å². The van der Waals surface area contributed by atoms with Crippen LogP contribution in [0.2, 0.25) is 5.02 Å². The third-order valence-electron chi connectivity index (χ3n) is 5.62. The summed E-state index contributed by atoms with van der Waals surface area (Å²) in [4.78, 5) is 18.1. The van der Waals surface area contributed by atoms with Gasteiger partial charge in [0.25, 0.3) is 0 Å². The van der Waals surface area contributed by atoms with Gasteiger partial charge in [-0.25, -0.2) is 14.2 Å². The number of nitrogens with one attached hydrogen (secondary N) is 1. The first kappa shape index (κ1) is 23.0. The van der Waals surface area contributed by atoms with Gasteiger partial charge in [0.05, 0.1) is 20.7 Å². The van der Waals surface area contributed by atoms with Gasteiger partial charge in [0.1, 0.15) is 5.82 Å². The first-order valence-corrected chi connectivity index (χ1v) is 12.1. The van der Waals surface area contributed by atoms with Crippen LogP contribution in [-0.4, -0.2) is 15.1 Å². The summed E-state index contributed by atoms with van der Waals surface area (Å²) < 4.78 is 19.4. The molecule has 35 heavy (non-hydrogen) atoms. The maximum absolute atomic E-state index is 13.8. The number of fused-ring (bicyclic) bond motifs is 1. The maximum Gasteiger partial charge on any atom is 0.439 e. The number of hydrogen-bond donors (Lipinski definition) is 1. The molecule has 174 valence electrons. The second-order valence-electron chi connectivity index (χ2n) is 7.80. The second-order valence-corrected chi connectivity index (χ2v) is 9.10. The van der Waals surface area contributed by atoms with Crippen molar-refractivity contribution in [2.75, 3.05) is 0 Å². The Morgan fingerprint density at radius 1 is 1.09 bits per heavy atom. The molecule has 5 aromatic rings. The van der Waals surface area contributed by atoms with Crippen LogP contribution in [0.4, 0.5) is 4.39 Å². The van der Waals surface area contributed by atoms with Gasteiger partial charge in [0.15, 0.2) is 5.82 Å². The second kappa shape index (κ2) is 9.82. The molecule has 0 aliphatic heterocycles. The zero-order valence-electron chi connectivity index (χ0n) is 18.6. The Morgan fingerprint density at radius 2 is 1.89 bits per heavy atom. The lowest BCUT2D eigenvalue weighted by Crippen LogP contribution is -1.96. The Morgan fingerprint density at radius 3 is 2.60 bits per heavy atom. The van der Waals surface area contributed by atoms with E-state index in [0.717, 1.165) is 43.6 Å². The average Bonchev–Trinajstić information content (AvgIpc) is 3.50. The van der Waals surface area contributed by atoms with Crippen LogP contribution in [0.5, 0.6) is 0 Å². The smallest absolute Gasteiger partial charge is 0.296 e. The Hall–Kier alpha value is -3.81. The fourth-order valence-corrected chi connectivity index (χ4v) is 4.95. The Balaban J connectivity index is 1.63. The summed E-state index contributed by atoms with van der Waals surface area (Å²) in [5.74, 6) is -0.627. The van der Waals surface area contributed by atoms with Crippen LogP contribution in [0.15, 0.2) is 75.5 Å². The van der Waals surface area contributed by atoms with Gasteiger partial charge in [-0.3, -0.25) is 9.51 Å². The lowest BCUT2D eigenvalue weighted by Gasteiger charge is -2.17. The number of rotatable bonds is 6. The highest BCUT2D eigenvalue weighted by molar-refractivity contribution is 7.16. The lowest BCUT2D eigenvalue weighted by atomic mass is 9.87. The molecule has 0 unspecified atom stereocenters. The maximum atomic E-state index is 13.8. The van der Waals surface area contributed by atoms with E-state index in [4.69, 9.17) is 11.6 Å². The summed E-state index contributed by atoms with van der Waals surface area (Å²) in [5, 5.41) is 4.01. The molecule has 0 saturated heterocycles. The van der Waals surface area contributed by atoms with Crippen molar-refractivity contribution in [1.29, 1.82) is 0 Å². The summed E-state index contributed by atoms with van der Waals surface area (Å²) in [6, 6.07) is 18.7. The predicted molar refractivity (Wildman–Crippen MR) is 140 cm³/mol. The minimum absolute atomic E-state index is 0.343. The SMILES string of the molecule is CC/C(=C(\c1ccc(C=Cc2noc(=O)[nH]2)cc1)c1ccc2scnc2c1)c1ccc(F)cc1Cl. The number of hydrogen-bond acceptors (Lipinski definition) is 5. The highest BCUT2D eigenvalue weighted by Gasteiger charge is 2.16. The van der Waals surface area contributed by atoms with Crippen LogP contribution in [0.3, 0.4) is 0 Å². The highest BCUT2D eigenvalue weighted by Crippen LogP contribution is 2.38. The molecule has 3 aromatic carbocycles. The predicted octanol–water partition coefficient (Wildman–Crippen LogP) is 7.30. The summed E-state index contributed by atoms with van der Waals surface area (Å²) in [5.41, 5.74) is 8.48. The van der Waals surface area contributed by atoms with E-state index in [2.05, 4.69) is 44.8 Å². The van der Waals surface area contributed by atoms with Gasteiger partial charge in [-0.05, 0) is 70.2 Å². The van der Waals surface area contributed by atoms with Gasteiger partial charge in [0.2, 0.25) is 0 Å². The van der Waals surface area contributed by atoms with E-state index >= 15 is 0 Å². The Bertz CT molecular complexity index is 1630. The molecule has 0 aliphatic rings. The Labute approximate surface area is 209 Å². The molecular formula is C27H19ClFN3O2S. The quantitative estimate of drug-likeness (QED) is 0.247. The van der Waals surface area contributed by atoms with E-state index in [1.165, 1.54) is 12.1 Å². The number of halogens is 2. The van der Waals surface area contributed by atoms with E-state index < -0.39 is 5.76 Å². The van der Waals surface area contributed by atoms with Crippen LogP contribution >= 0.6 is 22.9 Å². The zero-order valence-corrected chi connectivity index (χ0v) is 20.2. The van der Waals surface area contributed by atoms with E-state index in [-0.39, 0.29) is 5.82 Å². The minimum Gasteiger partial charge on any atom is -0.296 e. The van der Waals surface area contributed by atoms with Crippen LogP contribution in [-0.2, 0) is 0 Å². The van der Waals surface area contributed by atoms with Crippen molar-refractivity contribution in [3.63, 3.8) is 0 Å². The third-order valence-corrected chi connectivity index (χ3v) is 6.74. The number of thiazole rings is 1. The van der Waals surface area contributed by atoms with Crippen molar-refractivity contribution in [1.82, 2.24) is 15.1 Å². The summed E-state index contributed by atoms with van der Waals surface area (Å²) in [6.45, 7) is 2.06. The number of aromatic nitrogens is 3. The normalized spacial score (nSPS) is 12.4. The van der Waals surface area contributed by atoms with Gasteiger partial charge < -0.3 is 0 Å². The van der Waals surface area contributed by atoms with Crippen molar-refractivity contribution in [2.45, 2.75) is 13.3 Å². The molecule has 0 atom stereocenters. The standard InChI is InChI=1S/C27H19ClFN3O2S/c1-2-20(21-10-9-19(29)14-22(21)28)26(18-8-11-24-23(13-18)30-15-35-24)17-6-3-16(4-7-17)5-12-25-31-27(33)34-32-25/h3-15H,2H2,1H3,(H,31,32,33)/b12-5?,26-20-. The van der Waals surface area contributed by atoms with Crippen molar-refractivity contribution in [3.05, 3.63) is 116 Å². The number of aromatic amines is 1. The minimum atomic E-state index is -0.599. The monoisotopic (exact) mass is 503 g/mol. The lowest BCUT2D eigenvalue weighted by molar-refractivity contribution is 0.385. The first-order chi connectivity index (χ1) is 17.0. The molecule has 5 nitrogen and oxygen atoms in total.